The smallest absolute Gasteiger partial charge is 0.143 e. The molecular formula is C18H17Cl2FN2O2. The van der Waals surface area contributed by atoms with Crippen LogP contribution in [0, 0.1) is 5.82 Å². The van der Waals surface area contributed by atoms with E-state index < -0.39 is 5.82 Å². The number of benzene rings is 2. The third-order valence-electron chi connectivity index (χ3n) is 4.76. The lowest BCUT2D eigenvalue weighted by Crippen LogP contribution is -2.52. The third kappa shape index (κ3) is 2.95. The molecule has 0 bridgehead atoms. The molecule has 2 aliphatic rings. The van der Waals surface area contributed by atoms with E-state index in [2.05, 4.69) is 10.2 Å². The van der Waals surface area contributed by atoms with Crippen molar-refractivity contribution in [2.24, 2.45) is 0 Å². The highest BCUT2D eigenvalue weighted by Gasteiger charge is 2.31. The van der Waals surface area contributed by atoms with Gasteiger partial charge in [0.1, 0.15) is 23.9 Å². The summed E-state index contributed by atoms with van der Waals surface area (Å²) in [6.45, 7) is 3.64. The van der Waals surface area contributed by atoms with Gasteiger partial charge in [0.15, 0.2) is 0 Å². The predicted molar refractivity (Wildman–Crippen MR) is 96.1 cm³/mol. The number of halogens is 3. The Balaban J connectivity index is 1.84. The van der Waals surface area contributed by atoms with Crippen LogP contribution in [0.5, 0.6) is 11.5 Å². The van der Waals surface area contributed by atoms with E-state index >= 15 is 0 Å². The van der Waals surface area contributed by atoms with Crippen molar-refractivity contribution in [1.82, 2.24) is 10.2 Å². The number of piperazine rings is 1. The average molecular weight is 383 g/mol. The van der Waals surface area contributed by atoms with E-state index in [0.29, 0.717) is 24.5 Å². The molecule has 2 aromatic carbocycles. The van der Waals surface area contributed by atoms with Gasteiger partial charge in [0.2, 0.25) is 0 Å². The van der Waals surface area contributed by atoms with Crippen molar-refractivity contribution >= 4 is 23.2 Å². The highest BCUT2D eigenvalue weighted by Crippen LogP contribution is 2.46. The summed E-state index contributed by atoms with van der Waals surface area (Å²) in [4.78, 5) is 2.27. The first-order valence-corrected chi connectivity index (χ1v) is 8.88. The molecule has 2 heterocycles. The minimum absolute atomic E-state index is 0.0708. The first kappa shape index (κ1) is 16.9. The molecule has 0 amide bonds. The number of phenolic OH excluding ortho intramolecular Hbond substituents is 1. The summed E-state index contributed by atoms with van der Waals surface area (Å²) in [5.41, 5.74) is 0.963. The SMILES string of the molecule is Oc1cccc(Cl)c1-c1c(F)cc2c(c1Cl)OC[C@H]1CNCCN1C2. The molecule has 0 unspecified atom stereocenters. The Morgan fingerprint density at radius 3 is 2.92 bits per heavy atom. The quantitative estimate of drug-likeness (QED) is 0.789. The lowest BCUT2D eigenvalue weighted by atomic mass is 10.0. The molecule has 0 spiro atoms. The fourth-order valence-electron chi connectivity index (χ4n) is 3.49. The molecule has 132 valence electrons. The predicted octanol–water partition coefficient (Wildman–Crippen LogP) is 3.67. The molecule has 0 aliphatic carbocycles. The van der Waals surface area contributed by atoms with Crippen LogP contribution in [0.1, 0.15) is 5.56 Å². The molecule has 0 radical (unpaired) electrons. The fourth-order valence-corrected chi connectivity index (χ4v) is 4.11. The van der Waals surface area contributed by atoms with Gasteiger partial charge in [-0.05, 0) is 18.2 Å². The maximum atomic E-state index is 14.9. The fraction of sp³-hybridized carbons (Fsp3) is 0.333. The molecule has 1 saturated heterocycles. The van der Waals surface area contributed by atoms with Gasteiger partial charge >= 0.3 is 0 Å². The highest BCUT2D eigenvalue weighted by molar-refractivity contribution is 6.37. The van der Waals surface area contributed by atoms with Crippen molar-refractivity contribution in [2.45, 2.75) is 12.6 Å². The molecular weight excluding hydrogens is 366 g/mol. The molecule has 25 heavy (non-hydrogen) atoms. The largest absolute Gasteiger partial charge is 0.507 e. The Morgan fingerprint density at radius 2 is 2.12 bits per heavy atom. The van der Waals surface area contributed by atoms with Crippen LogP contribution in [-0.2, 0) is 6.54 Å². The molecule has 1 fully saturated rings. The second-order valence-corrected chi connectivity index (χ2v) is 7.09. The lowest BCUT2D eigenvalue weighted by Gasteiger charge is -2.33. The van der Waals surface area contributed by atoms with Crippen molar-refractivity contribution in [3.63, 3.8) is 0 Å². The van der Waals surface area contributed by atoms with E-state index in [1.54, 1.807) is 12.1 Å². The molecule has 4 rings (SSSR count). The number of aromatic hydroxyl groups is 1. The van der Waals surface area contributed by atoms with Crippen molar-refractivity contribution in [2.75, 3.05) is 26.2 Å². The minimum atomic E-state index is -0.524. The van der Waals surface area contributed by atoms with E-state index in [1.165, 1.54) is 12.1 Å². The standard InChI is InChI=1S/C18H17Cl2FN2O2/c19-12-2-1-3-14(24)15(12)16-13(21)6-10-8-23-5-4-22-7-11(23)9-25-18(10)17(16)20/h1-3,6,11,22,24H,4-5,7-9H2/t11-/m1/s1. The van der Waals surface area contributed by atoms with Gasteiger partial charge in [-0.3, -0.25) is 4.90 Å². The maximum absolute atomic E-state index is 14.9. The summed E-state index contributed by atoms with van der Waals surface area (Å²) in [6, 6.07) is 6.29. The summed E-state index contributed by atoms with van der Waals surface area (Å²) in [5, 5.41) is 13.9. The number of hydrogen-bond acceptors (Lipinski definition) is 4. The van der Waals surface area contributed by atoms with E-state index in [0.717, 1.165) is 19.6 Å². The summed E-state index contributed by atoms with van der Waals surface area (Å²) >= 11 is 12.7. The topological polar surface area (TPSA) is 44.7 Å². The molecule has 7 heteroatoms. The first-order chi connectivity index (χ1) is 12.1. The molecule has 4 nitrogen and oxygen atoms in total. The van der Waals surface area contributed by atoms with Crippen LogP contribution in [0.3, 0.4) is 0 Å². The van der Waals surface area contributed by atoms with Crippen molar-refractivity contribution in [3.05, 3.63) is 45.7 Å². The number of fused-ring (bicyclic) bond motifs is 2. The second-order valence-electron chi connectivity index (χ2n) is 6.31. The van der Waals surface area contributed by atoms with Crippen LogP contribution in [0.4, 0.5) is 4.39 Å². The van der Waals surface area contributed by atoms with Crippen molar-refractivity contribution < 1.29 is 14.2 Å². The zero-order valence-corrected chi connectivity index (χ0v) is 14.9. The van der Waals surface area contributed by atoms with E-state index in [4.69, 9.17) is 27.9 Å². The zero-order chi connectivity index (χ0) is 17.6. The molecule has 2 N–H and O–H groups in total. The Labute approximate surface area is 155 Å². The Kier molecular flexibility index (Phi) is 4.50. The van der Waals surface area contributed by atoms with Crippen molar-refractivity contribution in [1.29, 1.82) is 0 Å². The number of ether oxygens (including phenoxy) is 1. The number of nitrogens with one attached hydrogen (secondary N) is 1. The van der Waals surface area contributed by atoms with Gasteiger partial charge in [0, 0.05) is 42.9 Å². The van der Waals surface area contributed by atoms with Gasteiger partial charge in [-0.25, -0.2) is 4.39 Å². The van der Waals surface area contributed by atoms with Gasteiger partial charge in [0.25, 0.3) is 0 Å². The number of hydrogen-bond donors (Lipinski definition) is 2. The normalized spacial score (nSPS) is 20.4. The van der Waals surface area contributed by atoms with Gasteiger partial charge in [0.05, 0.1) is 16.1 Å². The molecule has 0 aromatic heterocycles. The lowest BCUT2D eigenvalue weighted by molar-refractivity contribution is 0.120. The van der Waals surface area contributed by atoms with Crippen LogP contribution < -0.4 is 10.1 Å². The third-order valence-corrected chi connectivity index (χ3v) is 5.43. The summed E-state index contributed by atoms with van der Waals surface area (Å²) in [6.07, 6.45) is 0. The van der Waals surface area contributed by atoms with Crippen LogP contribution >= 0.6 is 23.2 Å². The van der Waals surface area contributed by atoms with Crippen LogP contribution in [0.25, 0.3) is 11.1 Å². The summed E-state index contributed by atoms with van der Waals surface area (Å²) < 4.78 is 20.8. The Hall–Kier alpha value is -1.53. The van der Waals surface area contributed by atoms with Crippen LogP contribution in [0.2, 0.25) is 10.0 Å². The van der Waals surface area contributed by atoms with E-state index in [-0.39, 0.29) is 33.0 Å². The summed E-state index contributed by atoms with van der Waals surface area (Å²) in [7, 11) is 0. The van der Waals surface area contributed by atoms with Gasteiger partial charge in [-0.2, -0.15) is 0 Å². The molecule has 1 atom stereocenters. The Bertz CT molecular complexity index is 811. The molecule has 2 aromatic rings. The molecule has 2 aliphatic heterocycles. The summed E-state index contributed by atoms with van der Waals surface area (Å²) in [5.74, 6) is -0.181. The van der Waals surface area contributed by atoms with E-state index in [9.17, 15) is 9.50 Å². The average Bonchev–Trinajstić information content (AvgIpc) is 2.76. The van der Waals surface area contributed by atoms with Gasteiger partial charge < -0.3 is 15.2 Å². The number of nitrogens with zero attached hydrogens (tertiary/aromatic N) is 1. The molecule has 0 saturated carbocycles. The minimum Gasteiger partial charge on any atom is -0.507 e. The zero-order valence-electron chi connectivity index (χ0n) is 13.4. The number of rotatable bonds is 1. The monoisotopic (exact) mass is 382 g/mol. The number of phenols is 1. The first-order valence-electron chi connectivity index (χ1n) is 8.12. The van der Waals surface area contributed by atoms with Gasteiger partial charge in [-0.15, -0.1) is 0 Å². The van der Waals surface area contributed by atoms with Crippen molar-refractivity contribution in [3.8, 4) is 22.6 Å². The van der Waals surface area contributed by atoms with E-state index in [1.807, 2.05) is 0 Å². The van der Waals surface area contributed by atoms with Gasteiger partial charge in [-0.1, -0.05) is 29.3 Å². The van der Waals surface area contributed by atoms with Crippen LogP contribution in [0.15, 0.2) is 24.3 Å². The Morgan fingerprint density at radius 1 is 1.28 bits per heavy atom. The highest BCUT2D eigenvalue weighted by atomic mass is 35.5. The van der Waals surface area contributed by atoms with Crippen LogP contribution in [-0.4, -0.2) is 42.3 Å². The second kappa shape index (κ2) is 6.65. The maximum Gasteiger partial charge on any atom is 0.143 e.